The third kappa shape index (κ3) is 4.97. The quantitative estimate of drug-likeness (QED) is 0.893. The van der Waals surface area contributed by atoms with Gasteiger partial charge in [0.1, 0.15) is 0 Å². The molecule has 0 spiro atoms. The zero-order valence-corrected chi connectivity index (χ0v) is 15.5. The summed E-state index contributed by atoms with van der Waals surface area (Å²) in [7, 11) is -3.17. The van der Waals surface area contributed by atoms with Gasteiger partial charge in [-0.25, -0.2) is 13.2 Å². The van der Waals surface area contributed by atoms with Crippen LogP contribution in [0.5, 0.6) is 0 Å². The lowest BCUT2D eigenvalue weighted by molar-refractivity contribution is 0.179. The van der Waals surface area contributed by atoms with Crippen molar-refractivity contribution in [2.45, 2.75) is 62.0 Å². The summed E-state index contributed by atoms with van der Waals surface area (Å²) < 4.78 is 25.3. The number of nitrogens with zero attached hydrogens (tertiary/aromatic N) is 1. The molecule has 0 radical (unpaired) electrons. The standard InChI is InChI=1S/C19H28N2O3S/c22-19(20-17-9-5-2-6-10-17)21-13-11-18(12-14-21)25(23,24)15-16-7-3-1-4-8-16/h1,3-4,7-8,17-18H,2,5-6,9-15H2,(H,20,22). The van der Waals surface area contributed by atoms with E-state index in [1.165, 1.54) is 19.3 Å². The van der Waals surface area contributed by atoms with Crippen LogP contribution in [0.25, 0.3) is 0 Å². The Kier molecular flexibility index (Phi) is 5.99. The summed E-state index contributed by atoms with van der Waals surface area (Å²) in [4.78, 5) is 14.2. The van der Waals surface area contributed by atoms with Crippen LogP contribution in [0.4, 0.5) is 4.79 Å². The number of piperidine rings is 1. The predicted octanol–water partition coefficient (Wildman–Crippen LogP) is 3.11. The highest BCUT2D eigenvalue weighted by Gasteiger charge is 2.32. The van der Waals surface area contributed by atoms with E-state index in [0.717, 1.165) is 18.4 Å². The molecule has 1 heterocycles. The Morgan fingerprint density at radius 2 is 1.64 bits per heavy atom. The number of benzene rings is 1. The number of likely N-dealkylation sites (tertiary alicyclic amines) is 1. The van der Waals surface area contributed by atoms with E-state index in [1.54, 1.807) is 4.90 Å². The SMILES string of the molecule is O=C(NC1CCCCC1)N1CCC(S(=O)(=O)Cc2ccccc2)CC1. The monoisotopic (exact) mass is 364 g/mol. The van der Waals surface area contributed by atoms with Gasteiger partial charge in [0.05, 0.1) is 11.0 Å². The van der Waals surface area contributed by atoms with Crippen molar-refractivity contribution >= 4 is 15.9 Å². The van der Waals surface area contributed by atoms with Crippen molar-refractivity contribution in [3.05, 3.63) is 35.9 Å². The Bertz CT molecular complexity index is 661. The first kappa shape index (κ1) is 18.2. The van der Waals surface area contributed by atoms with Crippen LogP contribution in [0, 0.1) is 0 Å². The maximum Gasteiger partial charge on any atom is 0.317 e. The van der Waals surface area contributed by atoms with Crippen LogP contribution in [0.2, 0.25) is 0 Å². The molecule has 1 N–H and O–H groups in total. The molecule has 2 fully saturated rings. The molecule has 1 aliphatic heterocycles. The first-order chi connectivity index (χ1) is 12.0. The number of urea groups is 1. The number of sulfone groups is 1. The lowest BCUT2D eigenvalue weighted by Crippen LogP contribution is -2.49. The summed E-state index contributed by atoms with van der Waals surface area (Å²) >= 11 is 0. The number of carbonyl (C=O) groups excluding carboxylic acids is 1. The van der Waals surface area contributed by atoms with Crippen LogP contribution >= 0.6 is 0 Å². The Morgan fingerprint density at radius 3 is 2.28 bits per heavy atom. The predicted molar refractivity (Wildman–Crippen MR) is 99.1 cm³/mol. The topological polar surface area (TPSA) is 66.5 Å². The van der Waals surface area contributed by atoms with Gasteiger partial charge < -0.3 is 10.2 Å². The maximum atomic E-state index is 12.6. The largest absolute Gasteiger partial charge is 0.335 e. The van der Waals surface area contributed by atoms with Crippen molar-refractivity contribution in [3.63, 3.8) is 0 Å². The third-order valence-electron chi connectivity index (χ3n) is 5.38. The average Bonchev–Trinajstić information content (AvgIpc) is 2.63. The molecule has 1 saturated heterocycles. The molecule has 6 heteroatoms. The fraction of sp³-hybridized carbons (Fsp3) is 0.632. The van der Waals surface area contributed by atoms with Crippen molar-refractivity contribution in [2.75, 3.05) is 13.1 Å². The molecule has 3 rings (SSSR count). The maximum absolute atomic E-state index is 12.6. The van der Waals surface area contributed by atoms with E-state index >= 15 is 0 Å². The molecule has 1 aliphatic carbocycles. The first-order valence-corrected chi connectivity index (χ1v) is 11.1. The van der Waals surface area contributed by atoms with Crippen LogP contribution in [-0.2, 0) is 15.6 Å². The summed E-state index contributed by atoms with van der Waals surface area (Å²) in [6.45, 7) is 1.05. The second-order valence-corrected chi connectivity index (χ2v) is 9.54. The van der Waals surface area contributed by atoms with E-state index in [1.807, 2.05) is 30.3 Å². The molecule has 0 bridgehead atoms. The van der Waals surface area contributed by atoms with Gasteiger partial charge in [0.15, 0.2) is 9.84 Å². The molecule has 0 atom stereocenters. The minimum absolute atomic E-state index is 0.0224. The van der Waals surface area contributed by atoms with Crippen LogP contribution in [0.3, 0.4) is 0 Å². The van der Waals surface area contributed by atoms with Gasteiger partial charge in [-0.05, 0) is 31.2 Å². The zero-order chi connectivity index (χ0) is 17.7. The van der Waals surface area contributed by atoms with Gasteiger partial charge >= 0.3 is 6.03 Å². The van der Waals surface area contributed by atoms with Gasteiger partial charge in [-0.2, -0.15) is 0 Å². The van der Waals surface area contributed by atoms with E-state index in [0.29, 0.717) is 32.0 Å². The lowest BCUT2D eigenvalue weighted by Gasteiger charge is -2.33. The van der Waals surface area contributed by atoms with Gasteiger partial charge in [0, 0.05) is 19.1 Å². The summed E-state index contributed by atoms with van der Waals surface area (Å²) in [5, 5.41) is 2.78. The van der Waals surface area contributed by atoms with Crippen LogP contribution in [-0.4, -0.2) is 43.7 Å². The molecule has 0 aromatic heterocycles. The lowest BCUT2D eigenvalue weighted by atomic mass is 9.96. The van der Waals surface area contributed by atoms with Crippen molar-refractivity contribution in [1.29, 1.82) is 0 Å². The first-order valence-electron chi connectivity index (χ1n) is 9.35. The fourth-order valence-electron chi connectivity index (χ4n) is 3.86. The summed E-state index contributed by atoms with van der Waals surface area (Å²) in [6, 6.07) is 9.59. The molecule has 2 aliphatic rings. The number of rotatable bonds is 4. The number of amides is 2. The Morgan fingerprint density at radius 1 is 1.00 bits per heavy atom. The number of nitrogens with one attached hydrogen (secondary N) is 1. The number of hydrogen-bond acceptors (Lipinski definition) is 3. The van der Waals surface area contributed by atoms with Crippen LogP contribution < -0.4 is 5.32 Å². The second kappa shape index (κ2) is 8.21. The van der Waals surface area contributed by atoms with Gasteiger partial charge in [-0.3, -0.25) is 0 Å². The van der Waals surface area contributed by atoms with Gasteiger partial charge in [-0.15, -0.1) is 0 Å². The molecular weight excluding hydrogens is 336 g/mol. The molecule has 5 nitrogen and oxygen atoms in total. The van der Waals surface area contributed by atoms with E-state index in [-0.39, 0.29) is 17.0 Å². The molecule has 138 valence electrons. The summed E-state index contributed by atoms with van der Waals surface area (Å²) in [6.07, 6.45) is 6.83. The molecule has 1 aromatic rings. The van der Waals surface area contributed by atoms with E-state index in [9.17, 15) is 13.2 Å². The number of carbonyl (C=O) groups is 1. The molecule has 1 saturated carbocycles. The van der Waals surface area contributed by atoms with Crippen molar-refractivity contribution < 1.29 is 13.2 Å². The second-order valence-electron chi connectivity index (χ2n) is 7.26. The highest BCUT2D eigenvalue weighted by Crippen LogP contribution is 2.22. The van der Waals surface area contributed by atoms with Crippen LogP contribution in [0.1, 0.15) is 50.5 Å². The smallest absolute Gasteiger partial charge is 0.317 e. The Balaban J connectivity index is 1.49. The van der Waals surface area contributed by atoms with E-state index in [4.69, 9.17) is 0 Å². The van der Waals surface area contributed by atoms with Crippen molar-refractivity contribution in [3.8, 4) is 0 Å². The molecule has 25 heavy (non-hydrogen) atoms. The Hall–Kier alpha value is -1.56. The highest BCUT2D eigenvalue weighted by atomic mass is 32.2. The van der Waals surface area contributed by atoms with Gasteiger partial charge in [-0.1, -0.05) is 49.6 Å². The van der Waals surface area contributed by atoms with E-state index in [2.05, 4.69) is 5.32 Å². The minimum Gasteiger partial charge on any atom is -0.335 e. The summed E-state index contributed by atoms with van der Waals surface area (Å²) in [5.74, 6) is 0.0901. The van der Waals surface area contributed by atoms with Gasteiger partial charge in [0.2, 0.25) is 0 Å². The van der Waals surface area contributed by atoms with Gasteiger partial charge in [0.25, 0.3) is 0 Å². The number of hydrogen-bond donors (Lipinski definition) is 1. The third-order valence-corrected chi connectivity index (χ3v) is 7.60. The normalized spacial score (nSPS) is 20.4. The van der Waals surface area contributed by atoms with Crippen molar-refractivity contribution in [1.82, 2.24) is 10.2 Å². The molecule has 2 amide bonds. The summed E-state index contributed by atoms with van der Waals surface area (Å²) in [5.41, 5.74) is 0.833. The minimum atomic E-state index is -3.17. The highest BCUT2D eigenvalue weighted by molar-refractivity contribution is 7.91. The Labute approximate surface area is 150 Å². The van der Waals surface area contributed by atoms with E-state index < -0.39 is 9.84 Å². The molecule has 1 aromatic carbocycles. The molecular formula is C19H28N2O3S. The molecule has 0 unspecified atom stereocenters. The average molecular weight is 365 g/mol. The fourth-order valence-corrected chi connectivity index (χ4v) is 5.68. The zero-order valence-electron chi connectivity index (χ0n) is 14.7. The van der Waals surface area contributed by atoms with Crippen LogP contribution in [0.15, 0.2) is 30.3 Å². The van der Waals surface area contributed by atoms with Crippen molar-refractivity contribution in [2.24, 2.45) is 0 Å².